The molecule has 1 aromatic carbocycles. The second-order valence-electron chi connectivity index (χ2n) is 3.97. The lowest BCUT2D eigenvalue weighted by atomic mass is 10.1. The van der Waals surface area contributed by atoms with Gasteiger partial charge in [0.1, 0.15) is 5.82 Å². The number of aromatic nitrogens is 2. The van der Waals surface area contributed by atoms with Crippen LogP contribution >= 0.6 is 0 Å². The molecule has 98 valence electrons. The van der Waals surface area contributed by atoms with Crippen LogP contribution in [0.1, 0.15) is 21.7 Å². The Morgan fingerprint density at radius 2 is 2.16 bits per heavy atom. The van der Waals surface area contributed by atoms with Crippen molar-refractivity contribution in [1.29, 1.82) is 0 Å². The average molecular weight is 261 g/mol. The minimum atomic E-state index is -1.18. The van der Waals surface area contributed by atoms with Gasteiger partial charge in [-0.25, -0.2) is 9.18 Å². The zero-order valence-electron chi connectivity index (χ0n) is 10.2. The van der Waals surface area contributed by atoms with Crippen molar-refractivity contribution in [2.45, 2.75) is 13.5 Å². The van der Waals surface area contributed by atoms with Crippen LogP contribution in [0.25, 0.3) is 0 Å². The molecule has 0 aliphatic carbocycles. The van der Waals surface area contributed by atoms with Crippen molar-refractivity contribution in [3.8, 4) is 0 Å². The number of hydrogen-bond donors (Lipinski definition) is 2. The number of nitrogens with one attached hydrogen (secondary N) is 1. The number of hydrogen-bond acceptors (Lipinski definition) is 4. The lowest BCUT2D eigenvalue weighted by Gasteiger charge is -2.10. The first-order valence-electron chi connectivity index (χ1n) is 5.61. The molecule has 0 aliphatic heterocycles. The number of nitrogens with zero attached hydrogens (tertiary/aromatic N) is 2. The molecule has 0 fully saturated rings. The molecule has 6 heteroatoms. The Morgan fingerprint density at radius 3 is 2.79 bits per heavy atom. The van der Waals surface area contributed by atoms with Gasteiger partial charge in [-0.2, -0.15) is 0 Å². The van der Waals surface area contributed by atoms with Crippen molar-refractivity contribution in [3.63, 3.8) is 0 Å². The molecule has 5 nitrogen and oxygen atoms in total. The maximum atomic E-state index is 13.6. The number of rotatable bonds is 4. The number of benzene rings is 1. The Hall–Kier alpha value is -2.50. The Balaban J connectivity index is 2.19. The molecule has 0 aliphatic rings. The van der Waals surface area contributed by atoms with Crippen molar-refractivity contribution >= 4 is 11.7 Å². The summed E-state index contributed by atoms with van der Waals surface area (Å²) >= 11 is 0. The van der Waals surface area contributed by atoms with Gasteiger partial charge in [-0.15, -0.1) is 0 Å². The van der Waals surface area contributed by atoms with Crippen molar-refractivity contribution in [2.24, 2.45) is 0 Å². The molecule has 0 bridgehead atoms. The molecule has 0 radical (unpaired) electrons. The van der Waals surface area contributed by atoms with E-state index in [4.69, 9.17) is 5.11 Å². The van der Waals surface area contributed by atoms with Gasteiger partial charge in [-0.3, -0.25) is 9.97 Å². The van der Waals surface area contributed by atoms with Crippen LogP contribution in [0.3, 0.4) is 0 Å². The maximum absolute atomic E-state index is 13.6. The fourth-order valence-corrected chi connectivity index (χ4v) is 1.57. The predicted molar refractivity (Wildman–Crippen MR) is 67.5 cm³/mol. The summed E-state index contributed by atoms with van der Waals surface area (Å²) in [6, 6.07) is 3.90. The number of halogens is 1. The molecule has 0 saturated carbocycles. The molecular weight excluding hydrogens is 249 g/mol. The summed E-state index contributed by atoms with van der Waals surface area (Å²) in [5, 5.41) is 11.7. The van der Waals surface area contributed by atoms with Gasteiger partial charge in [-0.05, 0) is 19.1 Å². The highest BCUT2D eigenvalue weighted by Crippen LogP contribution is 2.20. The van der Waals surface area contributed by atoms with E-state index in [2.05, 4.69) is 15.3 Å². The minimum Gasteiger partial charge on any atom is -0.478 e. The topological polar surface area (TPSA) is 75.1 Å². The van der Waals surface area contributed by atoms with Crippen molar-refractivity contribution in [3.05, 3.63) is 53.4 Å². The van der Waals surface area contributed by atoms with Gasteiger partial charge in [0.15, 0.2) is 0 Å². The Bertz CT molecular complexity index is 599. The van der Waals surface area contributed by atoms with E-state index in [9.17, 15) is 9.18 Å². The first kappa shape index (κ1) is 12.9. The summed E-state index contributed by atoms with van der Waals surface area (Å²) in [6.45, 7) is 2.01. The van der Waals surface area contributed by atoms with Crippen LogP contribution in [0, 0.1) is 12.7 Å². The van der Waals surface area contributed by atoms with Gasteiger partial charge in [0.25, 0.3) is 0 Å². The van der Waals surface area contributed by atoms with Crippen molar-refractivity contribution < 1.29 is 14.3 Å². The Morgan fingerprint density at radius 1 is 1.37 bits per heavy atom. The predicted octanol–water partition coefficient (Wildman–Crippen LogP) is 2.23. The third kappa shape index (κ3) is 3.04. The van der Waals surface area contributed by atoms with E-state index in [-0.39, 0.29) is 17.8 Å². The van der Waals surface area contributed by atoms with E-state index in [1.54, 1.807) is 12.4 Å². The Kier molecular flexibility index (Phi) is 3.70. The standard InChI is InChI=1S/C13H12FN3O2/c1-8-5-16-9(6-15-8)7-17-12-10(13(18)19)3-2-4-11(12)14/h2-6,17H,7H2,1H3,(H,18,19). The zero-order valence-corrected chi connectivity index (χ0v) is 10.2. The highest BCUT2D eigenvalue weighted by Gasteiger charge is 2.13. The van der Waals surface area contributed by atoms with E-state index < -0.39 is 11.8 Å². The van der Waals surface area contributed by atoms with E-state index >= 15 is 0 Å². The zero-order chi connectivity index (χ0) is 13.8. The number of aryl methyl sites for hydroxylation is 1. The van der Waals surface area contributed by atoms with E-state index in [0.29, 0.717) is 5.69 Å². The number of aromatic carboxylic acids is 1. The first-order chi connectivity index (χ1) is 9.08. The normalized spacial score (nSPS) is 10.2. The summed E-state index contributed by atoms with van der Waals surface area (Å²) in [6.07, 6.45) is 3.15. The van der Waals surface area contributed by atoms with E-state index in [1.165, 1.54) is 18.2 Å². The van der Waals surface area contributed by atoms with Crippen LogP contribution in [-0.4, -0.2) is 21.0 Å². The van der Waals surface area contributed by atoms with Crippen molar-refractivity contribution in [1.82, 2.24) is 9.97 Å². The number of carboxylic acid groups (broad SMARTS) is 1. The second-order valence-corrected chi connectivity index (χ2v) is 3.97. The van der Waals surface area contributed by atoms with Gasteiger partial charge in [0.2, 0.25) is 0 Å². The first-order valence-corrected chi connectivity index (χ1v) is 5.61. The Labute approximate surface area is 109 Å². The number of para-hydroxylation sites is 1. The molecule has 0 atom stereocenters. The molecular formula is C13H12FN3O2. The monoisotopic (exact) mass is 261 g/mol. The number of carboxylic acids is 1. The van der Waals surface area contributed by atoms with E-state index in [0.717, 1.165) is 5.69 Å². The minimum absolute atomic E-state index is 0.0441. The fraction of sp³-hybridized carbons (Fsp3) is 0.154. The van der Waals surface area contributed by atoms with E-state index in [1.807, 2.05) is 6.92 Å². The van der Waals surface area contributed by atoms with Crippen LogP contribution < -0.4 is 5.32 Å². The SMILES string of the molecule is Cc1cnc(CNc2c(F)cccc2C(=O)O)cn1. The maximum Gasteiger partial charge on any atom is 0.337 e. The third-order valence-electron chi connectivity index (χ3n) is 2.52. The van der Waals surface area contributed by atoms with Gasteiger partial charge in [0.05, 0.1) is 35.4 Å². The summed E-state index contributed by atoms with van der Waals surface area (Å²) in [7, 11) is 0. The molecule has 1 aromatic heterocycles. The average Bonchev–Trinajstić information content (AvgIpc) is 2.39. The quantitative estimate of drug-likeness (QED) is 0.882. The molecule has 0 spiro atoms. The summed E-state index contributed by atoms with van der Waals surface area (Å²) in [4.78, 5) is 19.2. The smallest absolute Gasteiger partial charge is 0.337 e. The number of carbonyl (C=O) groups is 1. The summed E-state index contributed by atoms with van der Waals surface area (Å²) in [5.41, 5.74) is 1.23. The van der Waals surface area contributed by atoms with Crippen LogP contribution in [0.4, 0.5) is 10.1 Å². The lowest BCUT2D eigenvalue weighted by Crippen LogP contribution is -2.09. The molecule has 0 unspecified atom stereocenters. The second kappa shape index (κ2) is 5.43. The van der Waals surface area contributed by atoms with Gasteiger partial charge < -0.3 is 10.4 Å². The largest absolute Gasteiger partial charge is 0.478 e. The molecule has 2 rings (SSSR count). The molecule has 0 amide bonds. The highest BCUT2D eigenvalue weighted by molar-refractivity contribution is 5.94. The van der Waals surface area contributed by atoms with Crippen LogP contribution in [-0.2, 0) is 6.54 Å². The van der Waals surface area contributed by atoms with Crippen LogP contribution in [0.5, 0.6) is 0 Å². The number of anilines is 1. The van der Waals surface area contributed by atoms with Gasteiger partial charge in [-0.1, -0.05) is 6.07 Å². The molecule has 1 heterocycles. The van der Waals surface area contributed by atoms with Crippen LogP contribution in [0.2, 0.25) is 0 Å². The van der Waals surface area contributed by atoms with Crippen LogP contribution in [0.15, 0.2) is 30.6 Å². The van der Waals surface area contributed by atoms with Crippen molar-refractivity contribution in [2.75, 3.05) is 5.32 Å². The highest BCUT2D eigenvalue weighted by atomic mass is 19.1. The third-order valence-corrected chi connectivity index (χ3v) is 2.52. The lowest BCUT2D eigenvalue weighted by molar-refractivity contribution is 0.0697. The summed E-state index contributed by atoms with van der Waals surface area (Å²) in [5.74, 6) is -1.79. The van der Waals surface area contributed by atoms with Gasteiger partial charge in [0, 0.05) is 6.20 Å². The molecule has 2 N–H and O–H groups in total. The summed E-state index contributed by atoms with van der Waals surface area (Å²) < 4.78 is 13.6. The molecule has 0 saturated heterocycles. The molecule has 2 aromatic rings. The fourth-order valence-electron chi connectivity index (χ4n) is 1.57. The molecule has 19 heavy (non-hydrogen) atoms. The van der Waals surface area contributed by atoms with Gasteiger partial charge >= 0.3 is 5.97 Å².